The highest BCUT2D eigenvalue weighted by atomic mass is 15.1. The van der Waals surface area contributed by atoms with Crippen molar-refractivity contribution in [2.24, 2.45) is 17.4 Å². The predicted molar refractivity (Wildman–Crippen MR) is 68.7 cm³/mol. The van der Waals surface area contributed by atoms with Gasteiger partial charge in [0.2, 0.25) is 0 Å². The van der Waals surface area contributed by atoms with E-state index in [1.54, 1.807) is 0 Å². The van der Waals surface area contributed by atoms with Crippen LogP contribution in [0, 0.1) is 5.92 Å². The smallest absolute Gasteiger partial charge is 0.0285 e. The van der Waals surface area contributed by atoms with Gasteiger partial charge in [-0.3, -0.25) is 0 Å². The van der Waals surface area contributed by atoms with Crippen LogP contribution >= 0.6 is 0 Å². The van der Waals surface area contributed by atoms with Gasteiger partial charge in [0.1, 0.15) is 0 Å². The highest BCUT2D eigenvalue weighted by molar-refractivity contribution is 5.15. The number of nitrogens with zero attached hydrogens (tertiary/aromatic N) is 1. The summed E-state index contributed by atoms with van der Waals surface area (Å²) in [5.41, 5.74) is 12.4. The zero-order valence-corrected chi connectivity index (χ0v) is 10.2. The normalized spacial score (nSPS) is 20.8. The summed E-state index contributed by atoms with van der Waals surface area (Å²) in [6.07, 6.45) is 8.28. The van der Waals surface area contributed by atoms with E-state index in [0.717, 1.165) is 44.7 Å². The van der Waals surface area contributed by atoms with Gasteiger partial charge in [-0.05, 0) is 44.3 Å². The summed E-state index contributed by atoms with van der Waals surface area (Å²) in [6, 6.07) is 0. The monoisotopic (exact) mass is 224 g/mol. The minimum Gasteiger partial charge on any atom is -0.402 e. The third-order valence-corrected chi connectivity index (χ3v) is 2.81. The first-order valence-corrected chi connectivity index (χ1v) is 5.99. The van der Waals surface area contributed by atoms with E-state index in [4.69, 9.17) is 11.5 Å². The second-order valence-electron chi connectivity index (χ2n) is 4.34. The van der Waals surface area contributed by atoms with Crippen LogP contribution in [0.2, 0.25) is 0 Å². The van der Waals surface area contributed by atoms with Gasteiger partial charge in [-0.15, -0.1) is 0 Å². The van der Waals surface area contributed by atoms with Gasteiger partial charge >= 0.3 is 0 Å². The summed E-state index contributed by atoms with van der Waals surface area (Å²) in [6.45, 7) is 3.72. The Kier molecular flexibility index (Phi) is 5.96. The molecule has 4 heteroatoms. The van der Waals surface area contributed by atoms with E-state index in [-0.39, 0.29) is 0 Å². The number of unbranched alkanes of at least 4 members (excludes halogenated alkanes) is 1. The molecule has 1 unspecified atom stereocenters. The fraction of sp³-hybridized carbons (Fsp3) is 0.667. The maximum Gasteiger partial charge on any atom is 0.0285 e. The summed E-state index contributed by atoms with van der Waals surface area (Å²) in [5.74, 6) is 0.401. The molecule has 0 aliphatic carbocycles. The fourth-order valence-electron chi connectivity index (χ4n) is 1.80. The predicted octanol–water partition coefficient (Wildman–Crippen LogP) is 0.233. The first-order chi connectivity index (χ1) is 7.74. The standard InChI is InChI=1S/C12H24N4/c1-16-8-4-5-12(14)11(10-16)9-15-7-3-2-6-13/h4-5,8,11,15H,2-3,6-7,9-10,13-14H2,1H3. The van der Waals surface area contributed by atoms with Crippen molar-refractivity contribution in [3.05, 3.63) is 24.0 Å². The minimum atomic E-state index is 0.401. The zero-order chi connectivity index (χ0) is 11.8. The molecular weight excluding hydrogens is 200 g/mol. The lowest BCUT2D eigenvalue weighted by Crippen LogP contribution is -2.33. The van der Waals surface area contributed by atoms with Crippen molar-refractivity contribution in [1.82, 2.24) is 10.2 Å². The molecule has 1 aliphatic heterocycles. The summed E-state index contributed by atoms with van der Waals surface area (Å²) in [7, 11) is 2.07. The van der Waals surface area contributed by atoms with E-state index in [2.05, 4.69) is 23.5 Å². The highest BCUT2D eigenvalue weighted by Crippen LogP contribution is 2.10. The molecule has 1 rings (SSSR count). The van der Waals surface area contributed by atoms with Gasteiger partial charge in [0.25, 0.3) is 0 Å². The quantitative estimate of drug-likeness (QED) is 0.565. The molecule has 16 heavy (non-hydrogen) atoms. The zero-order valence-electron chi connectivity index (χ0n) is 10.2. The summed E-state index contributed by atoms with van der Waals surface area (Å²) in [4.78, 5) is 2.17. The van der Waals surface area contributed by atoms with E-state index >= 15 is 0 Å². The van der Waals surface area contributed by atoms with Crippen molar-refractivity contribution < 1.29 is 0 Å². The van der Waals surface area contributed by atoms with Crippen LogP contribution < -0.4 is 16.8 Å². The van der Waals surface area contributed by atoms with Crippen molar-refractivity contribution in [2.45, 2.75) is 12.8 Å². The van der Waals surface area contributed by atoms with Crippen molar-refractivity contribution in [3.8, 4) is 0 Å². The molecule has 0 saturated heterocycles. The molecule has 0 aromatic rings. The molecule has 1 heterocycles. The number of nitrogens with one attached hydrogen (secondary N) is 1. The van der Waals surface area contributed by atoms with Crippen LogP contribution in [0.1, 0.15) is 12.8 Å². The summed E-state index contributed by atoms with van der Waals surface area (Å²) in [5, 5.41) is 3.44. The van der Waals surface area contributed by atoms with Gasteiger partial charge in [-0.25, -0.2) is 0 Å². The third-order valence-electron chi connectivity index (χ3n) is 2.81. The molecule has 0 amide bonds. The maximum atomic E-state index is 6.01. The molecule has 5 N–H and O–H groups in total. The van der Waals surface area contributed by atoms with Gasteiger partial charge in [0, 0.05) is 31.8 Å². The average Bonchev–Trinajstić information content (AvgIpc) is 2.41. The SMILES string of the molecule is CN1C=CC=C(N)C(CNCCCCN)C1. The topological polar surface area (TPSA) is 67.3 Å². The van der Waals surface area contributed by atoms with Gasteiger partial charge in [0.15, 0.2) is 0 Å². The molecule has 1 atom stereocenters. The Labute approximate surface area is 98.4 Å². The molecule has 0 aromatic carbocycles. The Bertz CT molecular complexity index is 247. The van der Waals surface area contributed by atoms with Crippen LogP contribution in [0.15, 0.2) is 24.0 Å². The van der Waals surface area contributed by atoms with Gasteiger partial charge < -0.3 is 21.7 Å². The van der Waals surface area contributed by atoms with Gasteiger partial charge in [-0.1, -0.05) is 0 Å². The van der Waals surface area contributed by atoms with Crippen molar-refractivity contribution in [2.75, 3.05) is 33.2 Å². The molecule has 4 nitrogen and oxygen atoms in total. The van der Waals surface area contributed by atoms with E-state index in [1.807, 2.05) is 12.2 Å². The van der Waals surface area contributed by atoms with Crippen molar-refractivity contribution in [3.63, 3.8) is 0 Å². The molecule has 0 fully saturated rings. The lowest BCUT2D eigenvalue weighted by molar-refractivity contribution is 0.373. The Morgan fingerprint density at radius 2 is 2.31 bits per heavy atom. The Morgan fingerprint density at radius 1 is 1.50 bits per heavy atom. The van der Waals surface area contributed by atoms with Crippen LogP contribution in [-0.2, 0) is 0 Å². The number of allylic oxidation sites excluding steroid dienone is 2. The first kappa shape index (κ1) is 13.1. The second kappa shape index (κ2) is 7.30. The maximum absolute atomic E-state index is 6.01. The van der Waals surface area contributed by atoms with E-state index in [9.17, 15) is 0 Å². The van der Waals surface area contributed by atoms with Crippen LogP contribution in [-0.4, -0.2) is 38.1 Å². The van der Waals surface area contributed by atoms with Crippen LogP contribution in [0.25, 0.3) is 0 Å². The van der Waals surface area contributed by atoms with Gasteiger partial charge in [-0.2, -0.15) is 0 Å². The number of nitrogens with two attached hydrogens (primary N) is 2. The Hall–Kier alpha value is -1.00. The molecule has 1 aliphatic rings. The lowest BCUT2D eigenvalue weighted by atomic mass is 10.1. The van der Waals surface area contributed by atoms with Gasteiger partial charge in [0.05, 0.1) is 0 Å². The molecule has 0 radical (unpaired) electrons. The van der Waals surface area contributed by atoms with Crippen LogP contribution in [0.4, 0.5) is 0 Å². The number of rotatable bonds is 6. The van der Waals surface area contributed by atoms with Crippen LogP contribution in [0.3, 0.4) is 0 Å². The van der Waals surface area contributed by atoms with E-state index < -0.39 is 0 Å². The van der Waals surface area contributed by atoms with Crippen molar-refractivity contribution in [1.29, 1.82) is 0 Å². The minimum absolute atomic E-state index is 0.401. The largest absolute Gasteiger partial charge is 0.402 e. The summed E-state index contributed by atoms with van der Waals surface area (Å²) >= 11 is 0. The third kappa shape index (κ3) is 4.68. The average molecular weight is 224 g/mol. The van der Waals surface area contributed by atoms with E-state index in [0.29, 0.717) is 5.92 Å². The van der Waals surface area contributed by atoms with Crippen molar-refractivity contribution >= 4 is 0 Å². The Morgan fingerprint density at radius 3 is 3.06 bits per heavy atom. The Balaban J connectivity index is 2.24. The number of hydrogen-bond acceptors (Lipinski definition) is 4. The van der Waals surface area contributed by atoms with E-state index in [1.165, 1.54) is 0 Å². The van der Waals surface area contributed by atoms with Crippen LogP contribution in [0.5, 0.6) is 0 Å². The first-order valence-electron chi connectivity index (χ1n) is 5.99. The number of hydrogen-bond donors (Lipinski definition) is 3. The molecule has 0 spiro atoms. The molecular formula is C12H24N4. The fourth-order valence-corrected chi connectivity index (χ4v) is 1.80. The molecule has 0 bridgehead atoms. The molecule has 92 valence electrons. The molecule has 0 aromatic heterocycles. The molecule has 0 saturated carbocycles. The summed E-state index contributed by atoms with van der Waals surface area (Å²) < 4.78 is 0. The second-order valence-corrected chi connectivity index (χ2v) is 4.34. The lowest BCUT2D eigenvalue weighted by Gasteiger charge is -2.22. The highest BCUT2D eigenvalue weighted by Gasteiger charge is 2.14.